The van der Waals surface area contributed by atoms with E-state index in [2.05, 4.69) is 10.4 Å². The summed E-state index contributed by atoms with van der Waals surface area (Å²) in [4.78, 5) is 27.2. The molecule has 1 aromatic heterocycles. The van der Waals surface area contributed by atoms with Crippen molar-refractivity contribution >= 4 is 23.3 Å². The lowest BCUT2D eigenvalue weighted by Gasteiger charge is -2.13. The van der Waals surface area contributed by atoms with Crippen LogP contribution in [0.15, 0.2) is 91.0 Å². The Labute approximate surface area is 192 Å². The molecule has 0 spiro atoms. The van der Waals surface area contributed by atoms with Gasteiger partial charge in [0.05, 0.1) is 11.4 Å². The maximum atomic E-state index is 12.9. The van der Waals surface area contributed by atoms with Gasteiger partial charge in [-0.3, -0.25) is 4.79 Å². The third kappa shape index (κ3) is 5.27. The standard InChI is InChI=1S/C26H24N4O3/c1-29(2)21-15-13-20(14-16-21)27-25(31)18-33-26(32)24-17-23(19-9-5-3-6-10-19)28-30(24)22-11-7-4-8-12-22/h3-17H,18H2,1-2H3,(H,27,31). The molecule has 33 heavy (non-hydrogen) atoms. The molecule has 7 heteroatoms. The monoisotopic (exact) mass is 440 g/mol. The van der Waals surface area contributed by atoms with Crippen LogP contribution in [-0.4, -0.2) is 42.4 Å². The second kappa shape index (κ2) is 9.82. The molecule has 0 saturated heterocycles. The summed E-state index contributed by atoms with van der Waals surface area (Å²) in [5.74, 6) is -1.05. The van der Waals surface area contributed by atoms with E-state index in [1.165, 1.54) is 4.68 Å². The number of rotatable bonds is 7. The van der Waals surface area contributed by atoms with Gasteiger partial charge in [-0.05, 0) is 42.5 Å². The summed E-state index contributed by atoms with van der Waals surface area (Å²) in [5, 5.41) is 7.34. The Morgan fingerprint density at radius 1 is 0.909 bits per heavy atom. The SMILES string of the molecule is CN(C)c1ccc(NC(=O)COC(=O)c2cc(-c3ccccc3)nn2-c2ccccc2)cc1. The number of esters is 1. The topological polar surface area (TPSA) is 76.5 Å². The largest absolute Gasteiger partial charge is 0.451 e. The minimum atomic E-state index is -0.633. The van der Waals surface area contributed by atoms with Crippen molar-refractivity contribution in [2.24, 2.45) is 0 Å². The fraction of sp³-hybridized carbons (Fsp3) is 0.115. The molecular formula is C26H24N4O3. The van der Waals surface area contributed by atoms with E-state index in [-0.39, 0.29) is 5.69 Å². The quantitative estimate of drug-likeness (QED) is 0.431. The first-order valence-corrected chi connectivity index (χ1v) is 10.5. The highest BCUT2D eigenvalue weighted by atomic mass is 16.5. The van der Waals surface area contributed by atoms with E-state index in [4.69, 9.17) is 4.74 Å². The molecule has 7 nitrogen and oxygen atoms in total. The van der Waals surface area contributed by atoms with E-state index >= 15 is 0 Å². The van der Waals surface area contributed by atoms with E-state index in [0.717, 1.165) is 16.9 Å². The Morgan fingerprint density at radius 2 is 1.55 bits per heavy atom. The lowest BCUT2D eigenvalue weighted by atomic mass is 10.1. The minimum absolute atomic E-state index is 0.239. The highest BCUT2D eigenvalue weighted by Crippen LogP contribution is 2.22. The van der Waals surface area contributed by atoms with Crippen molar-refractivity contribution in [3.63, 3.8) is 0 Å². The molecule has 166 valence electrons. The summed E-state index contributed by atoms with van der Waals surface area (Å²) >= 11 is 0. The number of para-hydroxylation sites is 1. The molecule has 4 aromatic rings. The summed E-state index contributed by atoms with van der Waals surface area (Å²) in [5.41, 5.74) is 4.11. The number of carbonyl (C=O) groups is 2. The maximum Gasteiger partial charge on any atom is 0.357 e. The molecule has 0 aliphatic rings. The van der Waals surface area contributed by atoms with Crippen molar-refractivity contribution in [2.45, 2.75) is 0 Å². The molecule has 0 bridgehead atoms. The maximum absolute atomic E-state index is 12.9. The minimum Gasteiger partial charge on any atom is -0.451 e. The lowest BCUT2D eigenvalue weighted by molar-refractivity contribution is -0.119. The molecule has 1 N–H and O–H groups in total. The number of hydrogen-bond donors (Lipinski definition) is 1. The van der Waals surface area contributed by atoms with Gasteiger partial charge in [-0.15, -0.1) is 0 Å². The number of carbonyl (C=O) groups excluding carboxylic acids is 2. The van der Waals surface area contributed by atoms with E-state index in [1.807, 2.05) is 91.8 Å². The Kier molecular flexibility index (Phi) is 6.50. The third-order valence-corrected chi connectivity index (χ3v) is 4.99. The van der Waals surface area contributed by atoms with Gasteiger partial charge >= 0.3 is 5.97 Å². The normalized spacial score (nSPS) is 10.5. The highest BCUT2D eigenvalue weighted by Gasteiger charge is 2.20. The zero-order chi connectivity index (χ0) is 23.2. The van der Waals surface area contributed by atoms with Crippen molar-refractivity contribution < 1.29 is 14.3 Å². The molecule has 0 saturated carbocycles. The van der Waals surface area contributed by atoms with E-state index < -0.39 is 18.5 Å². The van der Waals surface area contributed by atoms with Gasteiger partial charge in [0.25, 0.3) is 5.91 Å². The Balaban J connectivity index is 1.49. The van der Waals surface area contributed by atoms with Crippen molar-refractivity contribution in [3.05, 3.63) is 96.7 Å². The molecule has 4 rings (SSSR count). The molecule has 0 aliphatic carbocycles. The van der Waals surface area contributed by atoms with Crippen LogP contribution in [0.4, 0.5) is 11.4 Å². The van der Waals surface area contributed by atoms with Crippen LogP contribution in [0.3, 0.4) is 0 Å². The second-order valence-corrected chi connectivity index (χ2v) is 7.59. The average Bonchev–Trinajstić information content (AvgIpc) is 3.30. The predicted octanol–water partition coefficient (Wildman–Crippen LogP) is 4.40. The van der Waals surface area contributed by atoms with Crippen LogP contribution < -0.4 is 10.2 Å². The van der Waals surface area contributed by atoms with Crippen LogP contribution in [0.2, 0.25) is 0 Å². The first-order chi connectivity index (χ1) is 16.0. The first-order valence-electron chi connectivity index (χ1n) is 10.5. The fourth-order valence-electron chi connectivity index (χ4n) is 3.29. The van der Waals surface area contributed by atoms with Gasteiger partial charge in [0.1, 0.15) is 0 Å². The fourth-order valence-corrected chi connectivity index (χ4v) is 3.29. The van der Waals surface area contributed by atoms with Crippen LogP contribution in [0, 0.1) is 0 Å². The summed E-state index contributed by atoms with van der Waals surface area (Å²) in [6, 6.07) is 27.9. The van der Waals surface area contributed by atoms with Crippen molar-refractivity contribution in [2.75, 3.05) is 30.9 Å². The van der Waals surface area contributed by atoms with Crippen LogP contribution >= 0.6 is 0 Å². The molecule has 0 atom stereocenters. The third-order valence-electron chi connectivity index (χ3n) is 4.99. The molecule has 1 heterocycles. The van der Waals surface area contributed by atoms with Gasteiger partial charge in [0, 0.05) is 31.0 Å². The molecule has 3 aromatic carbocycles. The molecule has 0 unspecified atom stereocenters. The second-order valence-electron chi connectivity index (χ2n) is 7.59. The highest BCUT2D eigenvalue weighted by molar-refractivity contribution is 5.95. The van der Waals surface area contributed by atoms with Gasteiger partial charge in [0.2, 0.25) is 0 Å². The molecule has 0 radical (unpaired) electrons. The van der Waals surface area contributed by atoms with E-state index in [1.54, 1.807) is 18.2 Å². The number of amides is 1. The summed E-state index contributed by atoms with van der Waals surface area (Å²) in [7, 11) is 3.88. The van der Waals surface area contributed by atoms with Crippen LogP contribution in [0.25, 0.3) is 16.9 Å². The van der Waals surface area contributed by atoms with Crippen LogP contribution in [-0.2, 0) is 9.53 Å². The molecule has 1 amide bonds. The zero-order valence-electron chi connectivity index (χ0n) is 18.4. The van der Waals surface area contributed by atoms with Crippen molar-refractivity contribution in [1.82, 2.24) is 9.78 Å². The van der Waals surface area contributed by atoms with E-state index in [0.29, 0.717) is 11.4 Å². The Bertz CT molecular complexity index is 1230. The number of ether oxygens (including phenoxy) is 1. The Morgan fingerprint density at radius 3 is 2.18 bits per heavy atom. The van der Waals surface area contributed by atoms with Crippen LogP contribution in [0.1, 0.15) is 10.5 Å². The predicted molar refractivity (Wildman–Crippen MR) is 129 cm³/mol. The summed E-state index contributed by atoms with van der Waals surface area (Å²) in [6.45, 7) is -0.408. The summed E-state index contributed by atoms with van der Waals surface area (Å²) in [6.07, 6.45) is 0. The number of aromatic nitrogens is 2. The van der Waals surface area contributed by atoms with Gasteiger partial charge in [0.15, 0.2) is 12.3 Å². The van der Waals surface area contributed by atoms with Gasteiger partial charge in [-0.1, -0.05) is 48.5 Å². The van der Waals surface area contributed by atoms with Crippen molar-refractivity contribution in [3.8, 4) is 16.9 Å². The number of nitrogens with one attached hydrogen (secondary N) is 1. The van der Waals surface area contributed by atoms with Gasteiger partial charge in [-0.25, -0.2) is 9.48 Å². The van der Waals surface area contributed by atoms with Crippen molar-refractivity contribution in [1.29, 1.82) is 0 Å². The number of nitrogens with zero attached hydrogens (tertiary/aromatic N) is 3. The smallest absolute Gasteiger partial charge is 0.357 e. The average molecular weight is 441 g/mol. The molecule has 0 aliphatic heterocycles. The van der Waals surface area contributed by atoms with Gasteiger partial charge in [-0.2, -0.15) is 5.10 Å². The number of anilines is 2. The van der Waals surface area contributed by atoms with E-state index in [9.17, 15) is 9.59 Å². The van der Waals surface area contributed by atoms with Gasteiger partial charge < -0.3 is 15.0 Å². The first kappa shape index (κ1) is 21.8. The molecular weight excluding hydrogens is 416 g/mol. The summed E-state index contributed by atoms with van der Waals surface area (Å²) < 4.78 is 6.85. The zero-order valence-corrected chi connectivity index (χ0v) is 18.4. The van der Waals surface area contributed by atoms with Crippen LogP contribution in [0.5, 0.6) is 0 Å². The Hall–Kier alpha value is -4.39. The lowest BCUT2D eigenvalue weighted by Crippen LogP contribution is -2.22. The number of hydrogen-bond acceptors (Lipinski definition) is 5. The molecule has 0 fully saturated rings. The number of benzene rings is 3.